The minimum atomic E-state index is -0.376. The van der Waals surface area contributed by atoms with Crippen LogP contribution in [0.4, 0.5) is 0 Å². The van der Waals surface area contributed by atoms with Gasteiger partial charge in [-0.2, -0.15) is 5.26 Å². The van der Waals surface area contributed by atoms with Crippen molar-refractivity contribution < 1.29 is 9.84 Å². The average Bonchev–Trinajstić information content (AvgIpc) is 2.54. The van der Waals surface area contributed by atoms with Crippen molar-refractivity contribution in [3.05, 3.63) is 64.7 Å². The van der Waals surface area contributed by atoms with Crippen molar-refractivity contribution in [2.45, 2.75) is 32.0 Å². The second kappa shape index (κ2) is 5.99. The summed E-state index contributed by atoms with van der Waals surface area (Å²) in [5, 5.41) is 18.9. The molecule has 0 aliphatic heterocycles. The lowest BCUT2D eigenvalue weighted by Gasteiger charge is -2.22. The van der Waals surface area contributed by atoms with Gasteiger partial charge in [0, 0.05) is 0 Å². The molecule has 3 heteroatoms. The highest BCUT2D eigenvalue weighted by molar-refractivity contribution is 5.39. The molecule has 3 nitrogen and oxygen atoms in total. The maximum atomic E-state index is 10.0. The molecule has 2 aromatic carbocycles. The van der Waals surface area contributed by atoms with Crippen molar-refractivity contribution in [2.75, 3.05) is 0 Å². The number of hydrogen-bond donors (Lipinski definition) is 1. The lowest BCUT2D eigenvalue weighted by atomic mass is 9.89. The monoisotopic (exact) mass is 279 g/mol. The molecule has 2 aromatic rings. The predicted molar refractivity (Wildman–Crippen MR) is 79.8 cm³/mol. The Morgan fingerprint density at radius 2 is 2.14 bits per heavy atom. The zero-order valence-corrected chi connectivity index (χ0v) is 11.7. The number of aliphatic hydroxyl groups is 1. The van der Waals surface area contributed by atoms with E-state index in [1.165, 1.54) is 5.56 Å². The molecule has 1 aliphatic rings. The van der Waals surface area contributed by atoms with Crippen LogP contribution < -0.4 is 4.74 Å². The second-order valence-corrected chi connectivity index (χ2v) is 5.37. The summed E-state index contributed by atoms with van der Waals surface area (Å²) in [6.07, 6.45) is 2.51. The van der Waals surface area contributed by atoms with Crippen LogP contribution in [0.3, 0.4) is 0 Å². The highest BCUT2D eigenvalue weighted by Crippen LogP contribution is 2.32. The van der Waals surface area contributed by atoms with E-state index in [0.29, 0.717) is 12.2 Å². The summed E-state index contributed by atoms with van der Waals surface area (Å²) in [7, 11) is 0. The van der Waals surface area contributed by atoms with Gasteiger partial charge in [-0.15, -0.1) is 0 Å². The zero-order chi connectivity index (χ0) is 14.7. The number of rotatable bonds is 3. The molecule has 1 aliphatic carbocycles. The first-order chi connectivity index (χ1) is 10.3. The summed E-state index contributed by atoms with van der Waals surface area (Å²) in [4.78, 5) is 0. The quantitative estimate of drug-likeness (QED) is 0.935. The van der Waals surface area contributed by atoms with Crippen LogP contribution in [0.15, 0.2) is 42.5 Å². The summed E-state index contributed by atoms with van der Waals surface area (Å²) < 4.78 is 5.79. The summed E-state index contributed by atoms with van der Waals surface area (Å²) in [6.45, 7) is 0.421. The summed E-state index contributed by atoms with van der Waals surface area (Å²) in [5.74, 6) is 0.761. The molecule has 1 atom stereocenters. The van der Waals surface area contributed by atoms with Crippen molar-refractivity contribution in [3.63, 3.8) is 0 Å². The van der Waals surface area contributed by atoms with Gasteiger partial charge < -0.3 is 9.84 Å². The van der Waals surface area contributed by atoms with E-state index in [1.54, 1.807) is 6.07 Å². The third-order valence-corrected chi connectivity index (χ3v) is 3.86. The molecule has 0 radical (unpaired) electrons. The first-order valence-electron chi connectivity index (χ1n) is 7.19. The van der Waals surface area contributed by atoms with Crippen LogP contribution in [0.5, 0.6) is 5.75 Å². The van der Waals surface area contributed by atoms with Gasteiger partial charge in [0.15, 0.2) is 0 Å². The van der Waals surface area contributed by atoms with E-state index in [4.69, 9.17) is 10.00 Å². The third-order valence-electron chi connectivity index (χ3n) is 3.86. The van der Waals surface area contributed by atoms with E-state index in [-0.39, 0.29) is 6.10 Å². The highest BCUT2D eigenvalue weighted by Gasteiger charge is 2.18. The Hall–Kier alpha value is -2.31. The zero-order valence-electron chi connectivity index (χ0n) is 11.7. The number of nitriles is 1. The molecule has 0 saturated carbocycles. The molecular weight excluding hydrogens is 262 g/mol. The molecule has 0 fully saturated rings. The number of hydrogen-bond acceptors (Lipinski definition) is 3. The molecule has 1 N–H and O–H groups in total. The third kappa shape index (κ3) is 3.07. The second-order valence-electron chi connectivity index (χ2n) is 5.37. The smallest absolute Gasteiger partial charge is 0.120 e. The van der Waals surface area contributed by atoms with Crippen LogP contribution in [0.1, 0.15) is 41.2 Å². The Kier molecular flexibility index (Phi) is 3.89. The maximum Gasteiger partial charge on any atom is 0.120 e. The fourth-order valence-corrected chi connectivity index (χ4v) is 2.74. The van der Waals surface area contributed by atoms with Gasteiger partial charge in [-0.3, -0.25) is 0 Å². The molecular formula is C18H17NO2. The Bertz CT molecular complexity index is 688. The van der Waals surface area contributed by atoms with E-state index >= 15 is 0 Å². The number of ether oxygens (including phenoxy) is 1. The topological polar surface area (TPSA) is 53.2 Å². The van der Waals surface area contributed by atoms with E-state index in [9.17, 15) is 5.11 Å². The molecule has 3 rings (SSSR count). The Morgan fingerprint density at radius 1 is 1.24 bits per heavy atom. The maximum absolute atomic E-state index is 10.0. The van der Waals surface area contributed by atoms with E-state index in [0.717, 1.165) is 36.1 Å². The van der Waals surface area contributed by atoms with Crippen LogP contribution in [-0.4, -0.2) is 5.11 Å². The largest absolute Gasteiger partial charge is 0.489 e. The van der Waals surface area contributed by atoms with Crippen LogP contribution in [-0.2, 0) is 13.0 Å². The number of aryl methyl sites for hydroxylation is 1. The van der Waals surface area contributed by atoms with Gasteiger partial charge in [-0.05, 0) is 60.2 Å². The molecule has 0 amide bonds. The summed E-state index contributed by atoms with van der Waals surface area (Å²) in [5.41, 5.74) is 3.81. The Balaban J connectivity index is 1.73. The number of nitrogens with zero attached hydrogens (tertiary/aromatic N) is 1. The molecule has 0 saturated heterocycles. The summed E-state index contributed by atoms with van der Waals surface area (Å²) in [6, 6.07) is 15.4. The SMILES string of the molecule is N#Cc1cccc(COc2ccc3c(c2)[C@H](O)CCC3)c1. The predicted octanol–water partition coefficient (Wildman–Crippen LogP) is 3.51. The molecule has 0 spiro atoms. The van der Waals surface area contributed by atoms with Crippen LogP contribution in [0.2, 0.25) is 0 Å². The molecule has 0 aromatic heterocycles. The first kappa shape index (κ1) is 13.7. The van der Waals surface area contributed by atoms with Gasteiger partial charge in [0.2, 0.25) is 0 Å². The molecule has 0 bridgehead atoms. The van der Waals surface area contributed by atoms with Crippen LogP contribution in [0, 0.1) is 11.3 Å². The molecule has 21 heavy (non-hydrogen) atoms. The fourth-order valence-electron chi connectivity index (χ4n) is 2.74. The molecule has 106 valence electrons. The van der Waals surface area contributed by atoms with Gasteiger partial charge in [-0.25, -0.2) is 0 Å². The molecule has 0 unspecified atom stereocenters. The Labute approximate surface area is 124 Å². The average molecular weight is 279 g/mol. The first-order valence-corrected chi connectivity index (χ1v) is 7.19. The van der Waals surface area contributed by atoms with Crippen molar-refractivity contribution >= 4 is 0 Å². The van der Waals surface area contributed by atoms with Crippen molar-refractivity contribution in [2.24, 2.45) is 0 Å². The van der Waals surface area contributed by atoms with Gasteiger partial charge in [-0.1, -0.05) is 18.2 Å². The lowest BCUT2D eigenvalue weighted by Crippen LogP contribution is -2.09. The fraction of sp³-hybridized carbons (Fsp3) is 0.278. The van der Waals surface area contributed by atoms with Gasteiger partial charge in [0.1, 0.15) is 12.4 Å². The minimum Gasteiger partial charge on any atom is -0.489 e. The standard InChI is InChI=1S/C18H17NO2/c19-11-13-3-1-4-14(9-13)12-21-16-8-7-15-5-2-6-18(20)17(15)10-16/h1,3-4,7-10,18,20H,2,5-6,12H2/t18-/m1/s1. The van der Waals surface area contributed by atoms with E-state index < -0.39 is 0 Å². The normalized spacial score (nSPS) is 16.9. The minimum absolute atomic E-state index is 0.376. The van der Waals surface area contributed by atoms with Gasteiger partial charge >= 0.3 is 0 Å². The highest BCUT2D eigenvalue weighted by atomic mass is 16.5. The molecule has 0 heterocycles. The van der Waals surface area contributed by atoms with Crippen molar-refractivity contribution in [3.8, 4) is 11.8 Å². The number of benzene rings is 2. The van der Waals surface area contributed by atoms with Gasteiger partial charge in [0.05, 0.1) is 17.7 Å². The number of fused-ring (bicyclic) bond motifs is 1. The van der Waals surface area contributed by atoms with Crippen molar-refractivity contribution in [1.29, 1.82) is 5.26 Å². The summed E-state index contributed by atoms with van der Waals surface area (Å²) >= 11 is 0. The van der Waals surface area contributed by atoms with Crippen LogP contribution in [0.25, 0.3) is 0 Å². The number of aliphatic hydroxyl groups excluding tert-OH is 1. The Morgan fingerprint density at radius 3 is 3.00 bits per heavy atom. The lowest BCUT2D eigenvalue weighted by molar-refractivity contribution is 0.156. The van der Waals surface area contributed by atoms with Crippen LogP contribution >= 0.6 is 0 Å². The van der Waals surface area contributed by atoms with Crippen molar-refractivity contribution in [1.82, 2.24) is 0 Å². The van der Waals surface area contributed by atoms with E-state index in [1.807, 2.05) is 36.4 Å². The van der Waals surface area contributed by atoms with E-state index in [2.05, 4.69) is 6.07 Å². The van der Waals surface area contributed by atoms with Gasteiger partial charge in [0.25, 0.3) is 0 Å².